The van der Waals surface area contributed by atoms with E-state index < -0.39 is 0 Å². The van der Waals surface area contributed by atoms with Crippen molar-refractivity contribution in [1.82, 2.24) is 10.2 Å². The van der Waals surface area contributed by atoms with Gasteiger partial charge in [-0.15, -0.1) is 11.3 Å². The van der Waals surface area contributed by atoms with E-state index in [9.17, 15) is 4.79 Å². The molecule has 0 saturated carbocycles. The van der Waals surface area contributed by atoms with Gasteiger partial charge in [-0.2, -0.15) is 0 Å². The fourth-order valence-corrected chi connectivity index (χ4v) is 4.90. The second-order valence-electron chi connectivity index (χ2n) is 7.11. The molecule has 2 aliphatic rings. The third kappa shape index (κ3) is 3.29. The summed E-state index contributed by atoms with van der Waals surface area (Å²) in [5, 5.41) is 3.20. The molecular weight excluding hydrogens is 328 g/mol. The molecule has 4 heteroatoms. The van der Waals surface area contributed by atoms with E-state index in [2.05, 4.69) is 60.6 Å². The maximum atomic E-state index is 12.8. The van der Waals surface area contributed by atoms with Crippen LogP contribution in [0.3, 0.4) is 0 Å². The fraction of sp³-hybridized carbons (Fsp3) is 0.381. The Labute approximate surface area is 153 Å². The van der Waals surface area contributed by atoms with Crippen molar-refractivity contribution in [3.05, 3.63) is 58.0 Å². The average Bonchev–Trinajstić information content (AvgIpc) is 3.07. The summed E-state index contributed by atoms with van der Waals surface area (Å²) in [4.78, 5) is 17.2. The summed E-state index contributed by atoms with van der Waals surface area (Å²) >= 11 is 1.64. The van der Waals surface area contributed by atoms with Crippen LogP contribution in [0.2, 0.25) is 0 Å². The van der Waals surface area contributed by atoms with Gasteiger partial charge in [0.2, 0.25) is 0 Å². The summed E-state index contributed by atoms with van der Waals surface area (Å²) < 4.78 is 0. The predicted molar refractivity (Wildman–Crippen MR) is 104 cm³/mol. The average molecular weight is 353 g/mol. The number of carbonyl (C=O) groups is 1. The van der Waals surface area contributed by atoms with Crippen LogP contribution in [0.4, 0.5) is 0 Å². The van der Waals surface area contributed by atoms with Crippen LogP contribution < -0.4 is 5.32 Å². The lowest BCUT2D eigenvalue weighted by Crippen LogP contribution is -2.36. The van der Waals surface area contributed by atoms with Crippen LogP contribution in [-0.4, -0.2) is 37.0 Å². The normalized spacial score (nSPS) is 18.1. The van der Waals surface area contributed by atoms with Gasteiger partial charge in [0.05, 0.1) is 4.88 Å². The Hall–Kier alpha value is -1.91. The molecule has 0 spiro atoms. The van der Waals surface area contributed by atoms with E-state index in [1.165, 1.54) is 27.1 Å². The second kappa shape index (κ2) is 6.77. The molecular formula is C21H24N2OS. The standard InChI is InChI=1S/C21H24N2OS/c1-14(15-9-11-23(2)12-10-15)22-21(24)19-13-17-8-7-16-5-3-4-6-18(16)20(17)25-19/h3-6,9,13-14H,7-8,10-12H2,1-2H3,(H,22,24). The van der Waals surface area contributed by atoms with Crippen molar-refractivity contribution in [2.45, 2.75) is 32.2 Å². The Morgan fingerprint density at radius 2 is 2.00 bits per heavy atom. The molecule has 25 heavy (non-hydrogen) atoms. The molecule has 1 aromatic heterocycles. The van der Waals surface area contributed by atoms with Crippen LogP contribution >= 0.6 is 11.3 Å². The summed E-state index contributed by atoms with van der Waals surface area (Å²) in [7, 11) is 2.13. The summed E-state index contributed by atoms with van der Waals surface area (Å²) in [6.07, 6.45) is 5.39. The first-order valence-corrected chi connectivity index (χ1v) is 9.83. The number of nitrogens with one attached hydrogen (secondary N) is 1. The predicted octanol–water partition coefficient (Wildman–Crippen LogP) is 3.89. The minimum atomic E-state index is 0.0595. The Bertz CT molecular complexity index is 836. The highest BCUT2D eigenvalue weighted by atomic mass is 32.1. The third-order valence-corrected chi connectivity index (χ3v) is 6.52. The molecule has 2 heterocycles. The van der Waals surface area contributed by atoms with E-state index in [0.29, 0.717) is 0 Å². The van der Waals surface area contributed by atoms with E-state index in [1.54, 1.807) is 11.3 Å². The molecule has 130 valence electrons. The summed E-state index contributed by atoms with van der Waals surface area (Å²) in [5.74, 6) is 0.0595. The number of hydrogen-bond acceptors (Lipinski definition) is 3. The molecule has 1 aliphatic carbocycles. The van der Waals surface area contributed by atoms with Gasteiger partial charge in [0.15, 0.2) is 0 Å². The van der Waals surface area contributed by atoms with Crippen LogP contribution in [0.15, 0.2) is 42.0 Å². The molecule has 1 aliphatic heterocycles. The van der Waals surface area contributed by atoms with Crippen LogP contribution in [0.5, 0.6) is 0 Å². The molecule has 0 bridgehead atoms. The molecule has 3 nitrogen and oxygen atoms in total. The van der Waals surface area contributed by atoms with Crippen molar-refractivity contribution in [3.63, 3.8) is 0 Å². The Balaban J connectivity index is 1.52. The Kier molecular flexibility index (Phi) is 4.48. The van der Waals surface area contributed by atoms with Gasteiger partial charge in [0, 0.05) is 24.0 Å². The van der Waals surface area contributed by atoms with Crippen molar-refractivity contribution in [2.75, 3.05) is 20.1 Å². The number of likely N-dealkylation sites (N-methyl/N-ethyl adjacent to an activating group) is 1. The second-order valence-corrected chi connectivity index (χ2v) is 8.16. The van der Waals surface area contributed by atoms with E-state index in [0.717, 1.165) is 37.2 Å². The van der Waals surface area contributed by atoms with Gasteiger partial charge in [-0.1, -0.05) is 30.3 Å². The van der Waals surface area contributed by atoms with Crippen molar-refractivity contribution < 1.29 is 4.79 Å². The molecule has 1 atom stereocenters. The topological polar surface area (TPSA) is 32.3 Å². The van der Waals surface area contributed by atoms with E-state index >= 15 is 0 Å². The van der Waals surface area contributed by atoms with Gasteiger partial charge in [0.1, 0.15) is 0 Å². The van der Waals surface area contributed by atoms with Gasteiger partial charge < -0.3 is 10.2 Å². The number of nitrogens with zero attached hydrogens (tertiary/aromatic N) is 1. The number of thiophene rings is 1. The number of amides is 1. The van der Waals surface area contributed by atoms with Gasteiger partial charge in [-0.05, 0) is 61.6 Å². The van der Waals surface area contributed by atoms with E-state index in [4.69, 9.17) is 0 Å². The lowest BCUT2D eigenvalue weighted by Gasteiger charge is -2.25. The van der Waals surface area contributed by atoms with Gasteiger partial charge in [0.25, 0.3) is 5.91 Å². The number of carbonyl (C=O) groups excluding carboxylic acids is 1. The zero-order valence-corrected chi connectivity index (χ0v) is 15.7. The van der Waals surface area contributed by atoms with Crippen LogP contribution in [0.1, 0.15) is 34.1 Å². The number of aryl methyl sites for hydroxylation is 2. The summed E-state index contributed by atoms with van der Waals surface area (Å²) in [6, 6.07) is 10.8. The van der Waals surface area contributed by atoms with Crippen molar-refractivity contribution in [1.29, 1.82) is 0 Å². The summed E-state index contributed by atoms with van der Waals surface area (Å²) in [5.41, 5.74) is 5.37. The molecule has 1 aromatic carbocycles. The first kappa shape index (κ1) is 16.6. The zero-order chi connectivity index (χ0) is 17.4. The molecule has 4 rings (SSSR count). The highest BCUT2D eigenvalue weighted by Gasteiger charge is 2.23. The molecule has 2 aromatic rings. The molecule has 1 unspecified atom stereocenters. The minimum Gasteiger partial charge on any atom is -0.345 e. The smallest absolute Gasteiger partial charge is 0.261 e. The van der Waals surface area contributed by atoms with Crippen molar-refractivity contribution in [2.24, 2.45) is 0 Å². The van der Waals surface area contributed by atoms with Crippen molar-refractivity contribution in [3.8, 4) is 10.4 Å². The first-order valence-electron chi connectivity index (χ1n) is 9.01. The molecule has 0 saturated heterocycles. The zero-order valence-electron chi connectivity index (χ0n) is 14.8. The molecule has 1 amide bonds. The molecule has 0 fully saturated rings. The lowest BCUT2D eigenvalue weighted by molar-refractivity contribution is 0.0948. The Morgan fingerprint density at radius 3 is 2.80 bits per heavy atom. The monoisotopic (exact) mass is 352 g/mol. The quantitative estimate of drug-likeness (QED) is 0.850. The summed E-state index contributed by atoms with van der Waals surface area (Å²) in [6.45, 7) is 4.13. The Morgan fingerprint density at radius 1 is 1.20 bits per heavy atom. The largest absolute Gasteiger partial charge is 0.345 e. The SMILES string of the molecule is CC(NC(=O)c1cc2c(s1)-c1ccccc1CC2)C1=CCN(C)CC1. The lowest BCUT2D eigenvalue weighted by atomic mass is 9.91. The van der Waals surface area contributed by atoms with Crippen LogP contribution in [0, 0.1) is 0 Å². The molecule has 0 radical (unpaired) electrons. The maximum Gasteiger partial charge on any atom is 0.261 e. The maximum absolute atomic E-state index is 12.8. The first-order chi connectivity index (χ1) is 12.1. The third-order valence-electron chi connectivity index (χ3n) is 5.31. The van der Waals surface area contributed by atoms with Gasteiger partial charge >= 0.3 is 0 Å². The van der Waals surface area contributed by atoms with Crippen LogP contribution in [-0.2, 0) is 12.8 Å². The van der Waals surface area contributed by atoms with E-state index in [-0.39, 0.29) is 11.9 Å². The number of fused-ring (bicyclic) bond motifs is 3. The van der Waals surface area contributed by atoms with E-state index in [1.807, 2.05) is 0 Å². The number of hydrogen-bond donors (Lipinski definition) is 1. The number of benzene rings is 1. The fourth-order valence-electron chi connectivity index (χ4n) is 3.72. The van der Waals surface area contributed by atoms with Gasteiger partial charge in [-0.3, -0.25) is 4.79 Å². The van der Waals surface area contributed by atoms with Crippen LogP contribution in [0.25, 0.3) is 10.4 Å². The molecule has 1 N–H and O–H groups in total. The minimum absolute atomic E-state index is 0.0595. The highest BCUT2D eigenvalue weighted by molar-refractivity contribution is 7.17. The van der Waals surface area contributed by atoms with Gasteiger partial charge in [-0.25, -0.2) is 0 Å². The number of rotatable bonds is 3. The van der Waals surface area contributed by atoms with Crippen molar-refractivity contribution >= 4 is 17.2 Å². The highest BCUT2D eigenvalue weighted by Crippen LogP contribution is 2.39.